The minimum absolute atomic E-state index is 0.0374. The molecule has 0 aliphatic rings. The second-order valence-corrected chi connectivity index (χ2v) is 8.40. The van der Waals surface area contributed by atoms with Crippen LogP contribution in [-0.4, -0.2) is 24.4 Å². The Hall–Kier alpha value is -2.96. The fourth-order valence-corrected chi connectivity index (χ4v) is 4.23. The normalized spacial score (nSPS) is 12.8. The highest BCUT2D eigenvalue weighted by atomic mass is 32.1. The summed E-state index contributed by atoms with van der Waals surface area (Å²) in [5, 5.41) is 9.75. The minimum Gasteiger partial charge on any atom is -0.342 e. The number of benzene rings is 2. The van der Waals surface area contributed by atoms with E-state index >= 15 is 0 Å². The van der Waals surface area contributed by atoms with Crippen LogP contribution in [0.5, 0.6) is 0 Å². The molecule has 1 heterocycles. The van der Waals surface area contributed by atoms with Gasteiger partial charge in [-0.25, -0.2) is 0 Å². The van der Waals surface area contributed by atoms with Crippen LogP contribution in [0.25, 0.3) is 0 Å². The van der Waals surface area contributed by atoms with E-state index in [-0.39, 0.29) is 30.4 Å². The lowest BCUT2D eigenvalue weighted by molar-refractivity contribution is -0.704. The molecule has 0 saturated carbocycles. The quantitative estimate of drug-likeness (QED) is 0.522. The Bertz CT molecular complexity index is 967. The van der Waals surface area contributed by atoms with Gasteiger partial charge in [-0.05, 0) is 43.3 Å². The molecule has 0 bridgehead atoms. The first-order valence-corrected chi connectivity index (χ1v) is 10.9. The molecule has 0 aliphatic heterocycles. The average molecular weight is 423 g/mol. The van der Waals surface area contributed by atoms with Gasteiger partial charge in [-0.2, -0.15) is 0 Å². The van der Waals surface area contributed by atoms with Crippen molar-refractivity contribution in [3.8, 4) is 0 Å². The van der Waals surface area contributed by atoms with Crippen molar-refractivity contribution in [2.24, 2.45) is 0 Å². The molecular weight excluding hydrogens is 394 g/mol. The summed E-state index contributed by atoms with van der Waals surface area (Å²) in [6.07, 6.45) is 0. The van der Waals surface area contributed by atoms with E-state index in [9.17, 15) is 9.59 Å². The van der Waals surface area contributed by atoms with Crippen LogP contribution in [0.3, 0.4) is 0 Å². The topological polar surface area (TPSA) is 74.8 Å². The summed E-state index contributed by atoms with van der Waals surface area (Å²) >= 11 is 1.67. The molecule has 0 fully saturated rings. The predicted octanol–water partition coefficient (Wildman–Crippen LogP) is 3.16. The minimum atomic E-state index is -0.342. The maximum atomic E-state index is 12.7. The van der Waals surface area contributed by atoms with Crippen LogP contribution in [0.2, 0.25) is 0 Å². The molecule has 0 spiro atoms. The Kier molecular flexibility index (Phi) is 7.38. The summed E-state index contributed by atoms with van der Waals surface area (Å²) < 4.78 is 0. The lowest BCUT2D eigenvalue weighted by Gasteiger charge is -2.19. The highest BCUT2D eigenvalue weighted by molar-refractivity contribution is 7.10. The highest BCUT2D eigenvalue weighted by Gasteiger charge is 2.25. The standard InChI is InChI=1S/C24H27N3O2S/c1-16-9-7-10-17(2)22(16)27-21(28)15-25-24(29)18(3)26-23(20-13-8-14-30-20)19-11-5-4-6-12-19/h4-14,18,23,26H,15H2,1-3H3,(H,25,29)(H,27,28)/p+1/t18-,23+/m0/s1. The van der Waals surface area contributed by atoms with Crippen molar-refractivity contribution in [1.82, 2.24) is 5.32 Å². The molecule has 2 aromatic carbocycles. The fraction of sp³-hybridized carbons (Fsp3) is 0.250. The number of nitrogens with two attached hydrogens (primary N) is 1. The monoisotopic (exact) mass is 422 g/mol. The lowest BCUT2D eigenvalue weighted by Crippen LogP contribution is -2.92. The van der Waals surface area contributed by atoms with Crippen molar-refractivity contribution < 1.29 is 14.9 Å². The summed E-state index contributed by atoms with van der Waals surface area (Å²) in [5.41, 5.74) is 3.95. The molecule has 0 unspecified atom stereocenters. The molecule has 5 nitrogen and oxygen atoms in total. The molecule has 30 heavy (non-hydrogen) atoms. The number of para-hydroxylation sites is 1. The molecular formula is C24H28N3O2S+. The van der Waals surface area contributed by atoms with Gasteiger partial charge in [0.25, 0.3) is 5.91 Å². The van der Waals surface area contributed by atoms with Crippen LogP contribution >= 0.6 is 11.3 Å². The van der Waals surface area contributed by atoms with E-state index in [1.807, 2.05) is 73.9 Å². The van der Waals surface area contributed by atoms with E-state index in [0.29, 0.717) is 0 Å². The van der Waals surface area contributed by atoms with Gasteiger partial charge in [-0.1, -0.05) is 54.6 Å². The zero-order chi connectivity index (χ0) is 21.5. The molecule has 1 aromatic heterocycles. The van der Waals surface area contributed by atoms with Gasteiger partial charge in [0.05, 0.1) is 11.4 Å². The number of carbonyl (C=O) groups is 2. The summed E-state index contributed by atoms with van der Waals surface area (Å²) in [6, 6.07) is 19.8. The second-order valence-electron chi connectivity index (χ2n) is 7.42. The van der Waals surface area contributed by atoms with Crippen LogP contribution < -0.4 is 16.0 Å². The van der Waals surface area contributed by atoms with Crippen LogP contribution in [0.15, 0.2) is 66.0 Å². The number of carbonyl (C=O) groups excluding carboxylic acids is 2. The van der Waals surface area contributed by atoms with Gasteiger partial charge in [0, 0.05) is 11.3 Å². The van der Waals surface area contributed by atoms with E-state index < -0.39 is 0 Å². The third-order valence-electron chi connectivity index (χ3n) is 5.07. The number of hydrogen-bond donors (Lipinski definition) is 3. The van der Waals surface area contributed by atoms with Gasteiger partial charge in [0.2, 0.25) is 5.91 Å². The second kappa shape index (κ2) is 10.2. The number of amides is 2. The fourth-order valence-electron chi connectivity index (χ4n) is 3.40. The Balaban J connectivity index is 1.59. The SMILES string of the molecule is Cc1cccc(C)c1NC(=O)CNC(=O)[C@H](C)[NH2+][C@H](c1ccccc1)c1cccs1. The molecule has 156 valence electrons. The third-order valence-corrected chi connectivity index (χ3v) is 6.03. The number of rotatable bonds is 8. The maximum Gasteiger partial charge on any atom is 0.278 e. The van der Waals surface area contributed by atoms with Crippen molar-refractivity contribution in [3.63, 3.8) is 0 Å². The van der Waals surface area contributed by atoms with Crippen LogP contribution in [-0.2, 0) is 9.59 Å². The summed E-state index contributed by atoms with van der Waals surface area (Å²) in [5.74, 6) is -0.394. The predicted molar refractivity (Wildman–Crippen MR) is 122 cm³/mol. The van der Waals surface area contributed by atoms with E-state index in [0.717, 1.165) is 22.4 Å². The number of hydrogen-bond acceptors (Lipinski definition) is 3. The molecule has 3 aromatic rings. The van der Waals surface area contributed by atoms with E-state index in [1.165, 1.54) is 4.88 Å². The van der Waals surface area contributed by atoms with Gasteiger partial charge < -0.3 is 16.0 Å². The van der Waals surface area contributed by atoms with Gasteiger partial charge in [-0.3, -0.25) is 9.59 Å². The zero-order valence-electron chi connectivity index (χ0n) is 17.5. The van der Waals surface area contributed by atoms with E-state index in [2.05, 4.69) is 28.8 Å². The van der Waals surface area contributed by atoms with Crippen molar-refractivity contribution in [2.45, 2.75) is 32.9 Å². The Morgan fingerprint density at radius 3 is 2.30 bits per heavy atom. The number of quaternary nitrogens is 1. The maximum absolute atomic E-state index is 12.7. The third kappa shape index (κ3) is 5.55. The van der Waals surface area contributed by atoms with Crippen molar-refractivity contribution in [2.75, 3.05) is 11.9 Å². The van der Waals surface area contributed by atoms with Gasteiger partial charge in [0.1, 0.15) is 6.04 Å². The van der Waals surface area contributed by atoms with E-state index in [4.69, 9.17) is 0 Å². The first-order chi connectivity index (χ1) is 14.5. The van der Waals surface area contributed by atoms with Crippen LogP contribution in [0, 0.1) is 13.8 Å². The molecule has 6 heteroatoms. The van der Waals surface area contributed by atoms with Crippen molar-refractivity contribution in [3.05, 3.63) is 87.6 Å². The Labute approximate surface area is 181 Å². The molecule has 4 N–H and O–H groups in total. The van der Waals surface area contributed by atoms with Gasteiger partial charge in [0.15, 0.2) is 6.04 Å². The van der Waals surface area contributed by atoms with Crippen LogP contribution in [0.1, 0.15) is 34.5 Å². The highest BCUT2D eigenvalue weighted by Crippen LogP contribution is 2.22. The van der Waals surface area contributed by atoms with Gasteiger partial charge in [-0.15, -0.1) is 11.3 Å². The number of anilines is 1. The van der Waals surface area contributed by atoms with Crippen molar-refractivity contribution in [1.29, 1.82) is 0 Å². The molecule has 0 saturated heterocycles. The van der Waals surface area contributed by atoms with Crippen molar-refractivity contribution >= 4 is 28.8 Å². The number of aryl methyl sites for hydroxylation is 2. The lowest BCUT2D eigenvalue weighted by atomic mass is 10.0. The average Bonchev–Trinajstić information content (AvgIpc) is 3.28. The molecule has 2 amide bonds. The van der Waals surface area contributed by atoms with Crippen LogP contribution in [0.4, 0.5) is 5.69 Å². The molecule has 3 rings (SSSR count). The smallest absolute Gasteiger partial charge is 0.278 e. The first kappa shape index (κ1) is 21.7. The van der Waals surface area contributed by atoms with E-state index in [1.54, 1.807) is 11.3 Å². The number of thiophene rings is 1. The summed E-state index contributed by atoms with van der Waals surface area (Å²) in [4.78, 5) is 26.2. The van der Waals surface area contributed by atoms with Gasteiger partial charge >= 0.3 is 0 Å². The molecule has 2 atom stereocenters. The summed E-state index contributed by atoms with van der Waals surface area (Å²) in [6.45, 7) is 5.71. The summed E-state index contributed by atoms with van der Waals surface area (Å²) in [7, 11) is 0. The largest absolute Gasteiger partial charge is 0.342 e. The Morgan fingerprint density at radius 2 is 1.67 bits per heavy atom. The molecule has 0 aliphatic carbocycles. The Morgan fingerprint density at radius 1 is 0.967 bits per heavy atom. The molecule has 0 radical (unpaired) electrons. The first-order valence-electron chi connectivity index (χ1n) is 10.0. The number of nitrogens with one attached hydrogen (secondary N) is 2. The zero-order valence-corrected chi connectivity index (χ0v) is 18.3.